The van der Waals surface area contributed by atoms with E-state index in [2.05, 4.69) is 5.32 Å². The highest BCUT2D eigenvalue weighted by molar-refractivity contribution is 7.92. The topological polar surface area (TPSA) is 86.8 Å². The maximum absolute atomic E-state index is 13.7. The van der Waals surface area contributed by atoms with E-state index in [1.54, 1.807) is 6.92 Å². The van der Waals surface area contributed by atoms with Gasteiger partial charge in [0.25, 0.3) is 0 Å². The van der Waals surface area contributed by atoms with Crippen molar-refractivity contribution in [3.05, 3.63) is 64.9 Å². The van der Waals surface area contributed by atoms with Crippen LogP contribution < -0.4 is 9.62 Å². The summed E-state index contributed by atoms with van der Waals surface area (Å²) in [6.07, 6.45) is 1.77. The van der Waals surface area contributed by atoms with Crippen LogP contribution in [0.1, 0.15) is 39.7 Å². The first kappa shape index (κ1) is 28.6. The molecule has 0 bridgehead atoms. The first-order valence-corrected chi connectivity index (χ1v) is 13.5. The molecule has 0 heterocycles. The molecule has 2 aromatic carbocycles. The Hall–Kier alpha value is -2.65. The molecule has 10 heteroatoms. The Labute approximate surface area is 212 Å². The van der Waals surface area contributed by atoms with E-state index in [1.165, 1.54) is 11.0 Å². The van der Waals surface area contributed by atoms with E-state index in [4.69, 9.17) is 11.6 Å². The van der Waals surface area contributed by atoms with E-state index in [0.717, 1.165) is 28.3 Å². The lowest BCUT2D eigenvalue weighted by Gasteiger charge is -2.34. The van der Waals surface area contributed by atoms with Crippen LogP contribution in [-0.2, 0) is 26.0 Å². The Balaban J connectivity index is 2.40. The van der Waals surface area contributed by atoms with Gasteiger partial charge in [0.2, 0.25) is 21.8 Å². The van der Waals surface area contributed by atoms with Crippen LogP contribution in [0, 0.1) is 5.82 Å². The highest BCUT2D eigenvalue weighted by Crippen LogP contribution is 2.25. The molecule has 0 spiro atoms. The molecular weight excluding hydrogens is 493 g/mol. The van der Waals surface area contributed by atoms with Crippen LogP contribution in [0.3, 0.4) is 0 Å². The van der Waals surface area contributed by atoms with Gasteiger partial charge in [-0.05, 0) is 57.4 Å². The molecule has 1 N–H and O–H groups in total. The Morgan fingerprint density at radius 1 is 1.11 bits per heavy atom. The van der Waals surface area contributed by atoms with Crippen molar-refractivity contribution < 1.29 is 22.4 Å². The number of hydrogen-bond acceptors (Lipinski definition) is 4. The highest BCUT2D eigenvalue weighted by atomic mass is 35.5. The molecule has 0 aliphatic carbocycles. The van der Waals surface area contributed by atoms with Crippen LogP contribution in [0.25, 0.3) is 0 Å². The molecule has 0 aliphatic rings. The molecule has 1 atom stereocenters. The van der Waals surface area contributed by atoms with Gasteiger partial charge in [0, 0.05) is 12.1 Å². The SMILES string of the molecule is CC[C@H](C(=O)NC(C)(C)C)N(CCc1ccccc1)C(=O)CN(c1ccc(F)c(Cl)c1)S(C)(=O)=O. The van der Waals surface area contributed by atoms with Gasteiger partial charge in [0.05, 0.1) is 17.0 Å². The number of nitrogens with one attached hydrogen (secondary N) is 1. The third-order valence-electron chi connectivity index (χ3n) is 5.24. The van der Waals surface area contributed by atoms with Crippen LogP contribution in [0.2, 0.25) is 5.02 Å². The smallest absolute Gasteiger partial charge is 0.244 e. The monoisotopic (exact) mass is 525 g/mol. The normalized spacial score (nSPS) is 12.7. The number of halogens is 2. The van der Waals surface area contributed by atoms with Crippen LogP contribution in [-0.4, -0.2) is 56.1 Å². The maximum atomic E-state index is 13.7. The van der Waals surface area contributed by atoms with Gasteiger partial charge in [-0.25, -0.2) is 12.8 Å². The fourth-order valence-electron chi connectivity index (χ4n) is 3.60. The molecule has 0 saturated heterocycles. The van der Waals surface area contributed by atoms with Gasteiger partial charge in [0.1, 0.15) is 18.4 Å². The summed E-state index contributed by atoms with van der Waals surface area (Å²) in [6, 6.07) is 12.1. The Morgan fingerprint density at radius 2 is 1.74 bits per heavy atom. The first-order chi connectivity index (χ1) is 16.2. The van der Waals surface area contributed by atoms with Gasteiger partial charge in [-0.1, -0.05) is 48.9 Å². The molecule has 0 fully saturated rings. The van der Waals surface area contributed by atoms with E-state index >= 15 is 0 Å². The summed E-state index contributed by atoms with van der Waals surface area (Å²) in [4.78, 5) is 28.0. The second-order valence-corrected chi connectivity index (χ2v) is 11.7. The number of carbonyl (C=O) groups is 2. The lowest BCUT2D eigenvalue weighted by atomic mass is 10.1. The summed E-state index contributed by atoms with van der Waals surface area (Å²) in [7, 11) is -3.92. The minimum atomic E-state index is -3.92. The van der Waals surface area contributed by atoms with Gasteiger partial charge in [-0.3, -0.25) is 13.9 Å². The van der Waals surface area contributed by atoms with E-state index in [1.807, 2.05) is 51.1 Å². The average molecular weight is 526 g/mol. The molecule has 0 aliphatic heterocycles. The predicted molar refractivity (Wildman–Crippen MR) is 137 cm³/mol. The molecule has 2 amide bonds. The van der Waals surface area contributed by atoms with E-state index in [0.29, 0.717) is 12.8 Å². The minimum absolute atomic E-state index is 0.0578. The minimum Gasteiger partial charge on any atom is -0.350 e. The van der Waals surface area contributed by atoms with Crippen LogP contribution in [0.15, 0.2) is 48.5 Å². The van der Waals surface area contributed by atoms with Gasteiger partial charge in [-0.15, -0.1) is 0 Å². The first-order valence-electron chi connectivity index (χ1n) is 11.3. The summed E-state index contributed by atoms with van der Waals surface area (Å²) >= 11 is 5.86. The van der Waals surface area contributed by atoms with Crippen molar-refractivity contribution in [1.29, 1.82) is 0 Å². The van der Waals surface area contributed by atoms with Crippen molar-refractivity contribution in [2.45, 2.75) is 52.1 Å². The van der Waals surface area contributed by atoms with Gasteiger partial charge >= 0.3 is 0 Å². The standard InChI is InChI=1S/C25H33ClFN3O4S/c1-6-22(24(32)28-25(2,3)4)29(15-14-18-10-8-7-9-11-18)23(31)17-30(35(5,33)34)19-12-13-21(27)20(26)16-19/h7-13,16,22H,6,14-15,17H2,1-5H3,(H,28,32)/t22-/m1/s1. The Morgan fingerprint density at radius 3 is 2.26 bits per heavy atom. The number of sulfonamides is 1. The van der Waals surface area contributed by atoms with E-state index in [9.17, 15) is 22.4 Å². The molecule has 0 radical (unpaired) electrons. The van der Waals surface area contributed by atoms with Crippen LogP contribution >= 0.6 is 11.6 Å². The van der Waals surface area contributed by atoms with Gasteiger partial charge in [-0.2, -0.15) is 0 Å². The summed E-state index contributed by atoms with van der Waals surface area (Å²) in [5, 5.41) is 2.65. The molecule has 0 unspecified atom stereocenters. The van der Waals surface area contributed by atoms with E-state index < -0.39 is 39.9 Å². The van der Waals surface area contributed by atoms with Crippen LogP contribution in [0.4, 0.5) is 10.1 Å². The third-order valence-corrected chi connectivity index (χ3v) is 6.67. The largest absolute Gasteiger partial charge is 0.350 e. The third kappa shape index (κ3) is 8.50. The fraction of sp³-hybridized carbons (Fsp3) is 0.440. The fourth-order valence-corrected chi connectivity index (χ4v) is 4.62. The quantitative estimate of drug-likeness (QED) is 0.508. The number of nitrogens with zero attached hydrogens (tertiary/aromatic N) is 2. The van der Waals surface area contributed by atoms with Crippen molar-refractivity contribution in [2.24, 2.45) is 0 Å². The van der Waals surface area contributed by atoms with E-state index in [-0.39, 0.29) is 23.2 Å². The molecular formula is C25H33ClFN3O4S. The molecule has 35 heavy (non-hydrogen) atoms. The highest BCUT2D eigenvalue weighted by Gasteiger charge is 2.32. The van der Waals surface area contributed by atoms with Gasteiger partial charge < -0.3 is 10.2 Å². The molecule has 192 valence electrons. The molecule has 0 aromatic heterocycles. The number of hydrogen-bond donors (Lipinski definition) is 1. The van der Waals surface area contributed by atoms with Gasteiger partial charge in [0.15, 0.2) is 0 Å². The zero-order valence-electron chi connectivity index (χ0n) is 20.7. The Bertz CT molecular complexity index is 1140. The summed E-state index contributed by atoms with van der Waals surface area (Å²) in [5.74, 6) is -1.58. The lowest BCUT2D eigenvalue weighted by Crippen LogP contribution is -2.56. The van der Waals surface area contributed by atoms with Crippen molar-refractivity contribution >= 4 is 39.1 Å². The lowest BCUT2D eigenvalue weighted by molar-refractivity contribution is -0.140. The number of amides is 2. The van der Waals surface area contributed by atoms with Crippen LogP contribution in [0.5, 0.6) is 0 Å². The maximum Gasteiger partial charge on any atom is 0.244 e. The molecule has 0 saturated carbocycles. The molecule has 2 rings (SSSR count). The zero-order valence-corrected chi connectivity index (χ0v) is 22.3. The predicted octanol–water partition coefficient (Wildman–Crippen LogP) is 4.01. The summed E-state index contributed by atoms with van der Waals surface area (Å²) < 4.78 is 39.7. The second kappa shape index (κ2) is 11.9. The second-order valence-electron chi connectivity index (χ2n) is 9.35. The van der Waals surface area contributed by atoms with Crippen molar-refractivity contribution in [3.63, 3.8) is 0 Å². The summed E-state index contributed by atoms with van der Waals surface area (Å²) in [5.41, 5.74) is 0.520. The van der Waals surface area contributed by atoms with Crippen molar-refractivity contribution in [1.82, 2.24) is 10.2 Å². The molecule has 2 aromatic rings. The molecule has 7 nitrogen and oxygen atoms in total. The van der Waals surface area contributed by atoms with Crippen molar-refractivity contribution in [2.75, 3.05) is 23.7 Å². The average Bonchev–Trinajstić information content (AvgIpc) is 2.75. The Kier molecular flexibility index (Phi) is 9.68. The summed E-state index contributed by atoms with van der Waals surface area (Å²) in [6.45, 7) is 6.98. The number of rotatable bonds is 10. The number of benzene rings is 2. The number of carbonyl (C=O) groups excluding carboxylic acids is 2. The zero-order chi connectivity index (χ0) is 26.4. The number of anilines is 1. The van der Waals surface area contributed by atoms with Crippen molar-refractivity contribution in [3.8, 4) is 0 Å².